The van der Waals surface area contributed by atoms with E-state index in [1.165, 1.54) is 28.6 Å². The molecular formula is C22H23N3O5S2. The minimum Gasteiger partial charge on any atom is -0.494 e. The Morgan fingerprint density at radius 2 is 1.81 bits per heavy atom. The van der Waals surface area contributed by atoms with Crippen LogP contribution in [-0.2, 0) is 14.8 Å². The van der Waals surface area contributed by atoms with Gasteiger partial charge in [-0.25, -0.2) is 18.2 Å². The zero-order valence-electron chi connectivity index (χ0n) is 17.6. The van der Waals surface area contributed by atoms with Gasteiger partial charge in [-0.3, -0.25) is 0 Å². The Hall–Kier alpha value is -2.69. The highest BCUT2D eigenvalue weighted by atomic mass is 32.2. The second-order valence-corrected chi connectivity index (χ2v) is 10.8. The lowest BCUT2D eigenvalue weighted by Crippen LogP contribution is -2.53. The fourth-order valence-corrected chi connectivity index (χ4v) is 6.46. The predicted octanol–water partition coefficient (Wildman–Crippen LogP) is 3.14. The molecule has 168 valence electrons. The summed E-state index contributed by atoms with van der Waals surface area (Å²) in [5.41, 5.74) is 1.17. The molecule has 0 aliphatic carbocycles. The third-order valence-electron chi connectivity index (χ3n) is 5.78. The molecule has 5 rings (SSSR count). The number of benzene rings is 2. The van der Waals surface area contributed by atoms with Gasteiger partial charge in [0, 0.05) is 13.1 Å². The number of thiazole rings is 1. The number of fused-ring (bicyclic) bond motifs is 1. The number of hydrogen-bond donors (Lipinski definition) is 0. The van der Waals surface area contributed by atoms with Gasteiger partial charge in [0.25, 0.3) is 0 Å². The first-order chi connectivity index (χ1) is 15.5. The molecule has 8 nitrogen and oxygen atoms in total. The van der Waals surface area contributed by atoms with Crippen molar-refractivity contribution < 1.29 is 22.7 Å². The lowest BCUT2D eigenvalue weighted by Gasteiger charge is -2.38. The number of methoxy groups -OCH3 is 1. The van der Waals surface area contributed by atoms with E-state index in [0.717, 1.165) is 33.9 Å². The number of sulfonamides is 1. The van der Waals surface area contributed by atoms with E-state index in [1.807, 2.05) is 18.2 Å². The smallest absolute Gasteiger partial charge is 0.338 e. The molecule has 0 atom stereocenters. The summed E-state index contributed by atoms with van der Waals surface area (Å²) in [6.45, 7) is 2.22. The topological polar surface area (TPSA) is 89.0 Å². The van der Waals surface area contributed by atoms with Crippen molar-refractivity contribution in [3.8, 4) is 5.75 Å². The molecule has 2 saturated heterocycles. The van der Waals surface area contributed by atoms with Gasteiger partial charge in [0.15, 0.2) is 5.13 Å². The van der Waals surface area contributed by atoms with Crippen molar-refractivity contribution in [2.45, 2.75) is 23.8 Å². The highest BCUT2D eigenvalue weighted by Crippen LogP contribution is 2.36. The molecule has 2 aliphatic rings. The monoisotopic (exact) mass is 473 g/mol. The lowest BCUT2D eigenvalue weighted by atomic mass is 10.2. The molecule has 32 heavy (non-hydrogen) atoms. The Bertz CT molecular complexity index is 1240. The van der Waals surface area contributed by atoms with Gasteiger partial charge in [0.05, 0.1) is 35.4 Å². The van der Waals surface area contributed by atoms with Crippen LogP contribution in [0.15, 0.2) is 47.4 Å². The van der Waals surface area contributed by atoms with Gasteiger partial charge in [-0.2, -0.15) is 4.31 Å². The van der Waals surface area contributed by atoms with E-state index < -0.39 is 16.0 Å². The number of rotatable bonds is 6. The molecule has 0 radical (unpaired) electrons. The fraction of sp³-hybridized carbons (Fsp3) is 0.364. The molecule has 0 amide bonds. The van der Waals surface area contributed by atoms with Crippen LogP contribution in [0.4, 0.5) is 5.13 Å². The molecular weight excluding hydrogens is 450 g/mol. The van der Waals surface area contributed by atoms with Gasteiger partial charge in [-0.1, -0.05) is 17.4 Å². The van der Waals surface area contributed by atoms with E-state index in [1.54, 1.807) is 18.4 Å². The quantitative estimate of drug-likeness (QED) is 0.508. The summed E-state index contributed by atoms with van der Waals surface area (Å²) in [7, 11) is -1.87. The Labute approximate surface area is 190 Å². The van der Waals surface area contributed by atoms with E-state index in [4.69, 9.17) is 9.47 Å². The van der Waals surface area contributed by atoms with Crippen molar-refractivity contribution >= 4 is 42.7 Å². The van der Waals surface area contributed by atoms with Gasteiger partial charge < -0.3 is 14.4 Å². The van der Waals surface area contributed by atoms with Crippen LogP contribution in [0, 0.1) is 0 Å². The zero-order valence-corrected chi connectivity index (χ0v) is 19.2. The maximum absolute atomic E-state index is 12.6. The SMILES string of the molecule is COc1cccc2sc(N3CC(OC(=O)c4ccc(S(=O)(=O)N5CCCC5)cc4)C3)nc12. The minimum absolute atomic E-state index is 0.206. The molecule has 10 heteroatoms. The molecule has 0 saturated carbocycles. The van der Waals surface area contributed by atoms with Crippen LogP contribution in [0.25, 0.3) is 10.2 Å². The zero-order chi connectivity index (χ0) is 22.3. The molecule has 0 spiro atoms. The number of aromatic nitrogens is 1. The summed E-state index contributed by atoms with van der Waals surface area (Å²) in [5.74, 6) is 0.287. The lowest BCUT2D eigenvalue weighted by molar-refractivity contribution is 0.0234. The van der Waals surface area contributed by atoms with Crippen molar-refractivity contribution in [3.05, 3.63) is 48.0 Å². The Balaban J connectivity index is 1.20. The highest BCUT2D eigenvalue weighted by molar-refractivity contribution is 7.89. The van der Waals surface area contributed by atoms with E-state index in [9.17, 15) is 13.2 Å². The molecule has 0 unspecified atom stereocenters. The van der Waals surface area contributed by atoms with Crippen molar-refractivity contribution in [1.82, 2.24) is 9.29 Å². The first-order valence-electron chi connectivity index (χ1n) is 10.5. The number of ether oxygens (including phenoxy) is 2. The van der Waals surface area contributed by atoms with Crippen LogP contribution >= 0.6 is 11.3 Å². The Kier molecular flexibility index (Phi) is 5.52. The van der Waals surface area contributed by atoms with Crippen LogP contribution < -0.4 is 9.64 Å². The van der Waals surface area contributed by atoms with Gasteiger partial charge in [0.2, 0.25) is 10.0 Å². The van der Waals surface area contributed by atoms with Gasteiger partial charge in [-0.05, 0) is 49.2 Å². The summed E-state index contributed by atoms with van der Waals surface area (Å²) in [4.78, 5) is 19.4. The first-order valence-corrected chi connectivity index (χ1v) is 12.7. The third-order valence-corrected chi connectivity index (χ3v) is 8.77. The number of carbonyl (C=O) groups excluding carboxylic acids is 1. The number of nitrogens with zero attached hydrogens (tertiary/aromatic N) is 3. The van der Waals surface area contributed by atoms with Crippen molar-refractivity contribution in [2.75, 3.05) is 38.2 Å². The number of hydrogen-bond acceptors (Lipinski definition) is 8. The second-order valence-electron chi connectivity index (χ2n) is 7.87. The van der Waals surface area contributed by atoms with Crippen molar-refractivity contribution in [2.24, 2.45) is 0 Å². The number of esters is 1. The Morgan fingerprint density at radius 3 is 2.50 bits per heavy atom. The van der Waals surface area contributed by atoms with Crippen molar-refractivity contribution in [1.29, 1.82) is 0 Å². The fourth-order valence-electron chi connectivity index (χ4n) is 3.94. The van der Waals surface area contributed by atoms with Crippen molar-refractivity contribution in [3.63, 3.8) is 0 Å². The van der Waals surface area contributed by atoms with Crippen LogP contribution in [0.5, 0.6) is 5.75 Å². The number of para-hydroxylation sites is 1. The van der Waals surface area contributed by atoms with Crippen LogP contribution in [0.1, 0.15) is 23.2 Å². The van der Waals surface area contributed by atoms with E-state index in [0.29, 0.717) is 31.7 Å². The third kappa shape index (κ3) is 3.82. The van der Waals surface area contributed by atoms with Gasteiger partial charge >= 0.3 is 5.97 Å². The molecule has 0 bridgehead atoms. The summed E-state index contributed by atoms with van der Waals surface area (Å²) in [6.07, 6.45) is 1.53. The summed E-state index contributed by atoms with van der Waals surface area (Å²) >= 11 is 1.58. The number of carbonyl (C=O) groups is 1. The average molecular weight is 474 g/mol. The average Bonchev–Trinajstić information content (AvgIpc) is 3.46. The van der Waals surface area contributed by atoms with E-state index in [2.05, 4.69) is 9.88 Å². The summed E-state index contributed by atoms with van der Waals surface area (Å²) in [5, 5.41) is 0.869. The van der Waals surface area contributed by atoms with E-state index >= 15 is 0 Å². The number of anilines is 1. The van der Waals surface area contributed by atoms with Gasteiger partial charge in [0.1, 0.15) is 17.4 Å². The molecule has 2 fully saturated rings. The van der Waals surface area contributed by atoms with Crippen LogP contribution in [0.3, 0.4) is 0 Å². The molecule has 0 N–H and O–H groups in total. The highest BCUT2D eigenvalue weighted by Gasteiger charge is 2.33. The van der Waals surface area contributed by atoms with Crippen LogP contribution in [-0.4, -0.2) is 63.1 Å². The normalized spacial score (nSPS) is 17.5. The standard InChI is InChI=1S/C22H23N3O5S2/c1-29-18-5-4-6-19-20(18)23-22(31-19)24-13-16(14-24)30-21(26)15-7-9-17(10-8-15)32(27,28)25-11-2-3-12-25/h4-10,16H,2-3,11-14H2,1H3. The molecule has 2 aliphatic heterocycles. The van der Waals surface area contributed by atoms with Crippen LogP contribution in [0.2, 0.25) is 0 Å². The van der Waals surface area contributed by atoms with E-state index in [-0.39, 0.29) is 11.0 Å². The second kappa shape index (κ2) is 8.34. The summed E-state index contributed by atoms with van der Waals surface area (Å²) < 4.78 is 38.7. The summed E-state index contributed by atoms with van der Waals surface area (Å²) in [6, 6.07) is 11.8. The maximum atomic E-state index is 12.6. The largest absolute Gasteiger partial charge is 0.494 e. The predicted molar refractivity (Wildman–Crippen MR) is 122 cm³/mol. The minimum atomic E-state index is -3.49. The molecule has 3 heterocycles. The molecule has 3 aromatic rings. The maximum Gasteiger partial charge on any atom is 0.338 e. The first kappa shape index (κ1) is 21.2. The van der Waals surface area contributed by atoms with Gasteiger partial charge in [-0.15, -0.1) is 0 Å². The molecule has 2 aromatic carbocycles. The molecule has 1 aromatic heterocycles. The Morgan fingerprint density at radius 1 is 1.09 bits per heavy atom.